The molecule has 0 aliphatic carbocycles. The highest BCUT2D eigenvalue weighted by atomic mass is 32.2. The molecule has 0 fully saturated rings. The third-order valence-corrected chi connectivity index (χ3v) is 5.38. The predicted octanol–water partition coefficient (Wildman–Crippen LogP) is 4.36. The number of unbranched alkanes of at least 4 members (excludes halogenated alkanes) is 1. The molecule has 0 saturated heterocycles. The topological polar surface area (TPSA) is 63.3 Å². The van der Waals surface area contributed by atoms with E-state index in [0.29, 0.717) is 25.1 Å². The average molecular weight is 352 g/mol. The molecule has 0 heterocycles. The van der Waals surface area contributed by atoms with Crippen molar-refractivity contribution in [1.82, 2.24) is 0 Å². The first kappa shape index (κ1) is 22.4. The lowest BCUT2D eigenvalue weighted by atomic mass is 9.95. The minimum absolute atomic E-state index is 0.0414. The van der Waals surface area contributed by atoms with Crippen LogP contribution in [-0.2, 0) is 4.79 Å². The first-order valence-corrected chi connectivity index (χ1v) is 9.31. The van der Waals surface area contributed by atoms with E-state index in [9.17, 15) is 13.6 Å². The van der Waals surface area contributed by atoms with E-state index in [1.165, 1.54) is 18.7 Å². The minimum Gasteiger partial charge on any atom is -0.481 e. The number of carboxylic acids is 1. The molecule has 4 atom stereocenters. The molecule has 0 aliphatic heterocycles. The van der Waals surface area contributed by atoms with Gasteiger partial charge in [-0.2, -0.15) is 11.8 Å². The summed E-state index contributed by atoms with van der Waals surface area (Å²) in [6.45, 7) is 5.70. The number of nitrogens with two attached hydrogens (primary N) is 1. The second-order valence-electron chi connectivity index (χ2n) is 6.12. The maximum Gasteiger partial charge on any atom is 0.303 e. The van der Waals surface area contributed by atoms with Gasteiger partial charge in [0, 0.05) is 13.0 Å². The van der Waals surface area contributed by atoms with Crippen molar-refractivity contribution in [3.63, 3.8) is 0 Å². The molecule has 0 aliphatic rings. The number of thioether (sulfide) groups is 1. The highest BCUT2D eigenvalue weighted by molar-refractivity contribution is 8.00. The molecule has 0 spiro atoms. The lowest BCUT2D eigenvalue weighted by molar-refractivity contribution is -0.137. The lowest BCUT2D eigenvalue weighted by Gasteiger charge is -2.26. The number of alkyl halides is 2. The number of allylic oxidation sites excluding steroid dienone is 1. The van der Waals surface area contributed by atoms with Gasteiger partial charge in [0.15, 0.2) is 0 Å². The highest BCUT2D eigenvalue weighted by Gasteiger charge is 2.31. The van der Waals surface area contributed by atoms with Gasteiger partial charge in [-0.1, -0.05) is 18.6 Å². The van der Waals surface area contributed by atoms with Crippen molar-refractivity contribution in [2.75, 3.05) is 12.3 Å². The SMILES string of the molecule is C/C(=C/CCC[C@H](C)[C@@H](F)C(SCCCC(=O)O)[C@H](C)F)CN. The van der Waals surface area contributed by atoms with Crippen molar-refractivity contribution in [1.29, 1.82) is 0 Å². The summed E-state index contributed by atoms with van der Waals surface area (Å²) < 4.78 is 28.2. The van der Waals surface area contributed by atoms with E-state index >= 15 is 0 Å². The fraction of sp³-hybridized carbons (Fsp3) is 0.824. The molecular weight excluding hydrogens is 320 g/mol. The Labute approximate surface area is 143 Å². The molecule has 23 heavy (non-hydrogen) atoms. The number of hydrogen-bond donors (Lipinski definition) is 2. The van der Waals surface area contributed by atoms with Crippen molar-refractivity contribution in [2.45, 2.75) is 70.5 Å². The molecule has 0 bridgehead atoms. The Morgan fingerprint density at radius 2 is 1.96 bits per heavy atom. The number of carboxylic acid groups (broad SMARTS) is 1. The third-order valence-electron chi connectivity index (χ3n) is 3.83. The number of halogens is 2. The molecule has 0 aromatic carbocycles. The third kappa shape index (κ3) is 10.7. The van der Waals surface area contributed by atoms with Crippen molar-refractivity contribution < 1.29 is 18.7 Å². The molecule has 1 unspecified atom stereocenters. The van der Waals surface area contributed by atoms with Crippen molar-refractivity contribution in [2.24, 2.45) is 11.7 Å². The molecule has 6 heteroatoms. The van der Waals surface area contributed by atoms with E-state index < -0.39 is 23.6 Å². The van der Waals surface area contributed by atoms with Crippen LogP contribution in [0.4, 0.5) is 8.78 Å². The summed E-state index contributed by atoms with van der Waals surface area (Å²) in [6, 6.07) is 0. The zero-order valence-electron chi connectivity index (χ0n) is 14.4. The van der Waals surface area contributed by atoms with Crippen LogP contribution >= 0.6 is 11.8 Å². The maximum atomic E-state index is 14.5. The summed E-state index contributed by atoms with van der Waals surface area (Å²) in [6.07, 6.45) is 2.50. The van der Waals surface area contributed by atoms with Crippen LogP contribution in [0.25, 0.3) is 0 Å². The predicted molar refractivity (Wildman–Crippen MR) is 94.4 cm³/mol. The van der Waals surface area contributed by atoms with Crippen LogP contribution in [0.3, 0.4) is 0 Å². The summed E-state index contributed by atoms with van der Waals surface area (Å²) in [5, 5.41) is 7.87. The fourth-order valence-electron chi connectivity index (χ4n) is 2.28. The van der Waals surface area contributed by atoms with Crippen LogP contribution in [0.2, 0.25) is 0 Å². The molecule has 3 nitrogen and oxygen atoms in total. The summed E-state index contributed by atoms with van der Waals surface area (Å²) in [7, 11) is 0. The zero-order valence-corrected chi connectivity index (χ0v) is 15.2. The van der Waals surface area contributed by atoms with E-state index in [1.54, 1.807) is 0 Å². The van der Waals surface area contributed by atoms with Crippen molar-refractivity contribution >= 4 is 17.7 Å². The van der Waals surface area contributed by atoms with Gasteiger partial charge in [-0.05, 0) is 51.2 Å². The van der Waals surface area contributed by atoms with E-state index in [4.69, 9.17) is 10.8 Å². The quantitative estimate of drug-likeness (QED) is 0.382. The van der Waals surface area contributed by atoms with Crippen molar-refractivity contribution in [3.05, 3.63) is 11.6 Å². The first-order valence-electron chi connectivity index (χ1n) is 8.26. The molecule has 0 rings (SSSR count). The summed E-state index contributed by atoms with van der Waals surface area (Å²) in [5.41, 5.74) is 6.63. The van der Waals surface area contributed by atoms with Crippen LogP contribution in [-0.4, -0.2) is 41.0 Å². The van der Waals surface area contributed by atoms with Gasteiger partial charge in [0.1, 0.15) is 12.3 Å². The molecule has 0 saturated carbocycles. The highest BCUT2D eigenvalue weighted by Crippen LogP contribution is 2.30. The number of rotatable bonds is 13. The van der Waals surface area contributed by atoms with Gasteiger partial charge >= 0.3 is 5.97 Å². The van der Waals surface area contributed by atoms with E-state index in [-0.39, 0.29) is 12.3 Å². The smallest absolute Gasteiger partial charge is 0.303 e. The van der Waals surface area contributed by atoms with Gasteiger partial charge in [0.25, 0.3) is 0 Å². The first-order chi connectivity index (χ1) is 10.8. The zero-order chi connectivity index (χ0) is 17.8. The number of carbonyl (C=O) groups is 1. The van der Waals surface area contributed by atoms with Crippen LogP contribution in [0.5, 0.6) is 0 Å². The average Bonchev–Trinajstić information content (AvgIpc) is 2.49. The molecule has 0 amide bonds. The standard InChI is InChI=1S/C17H31F2NO2S/c1-12(11-20)7-4-5-8-13(2)16(19)17(14(3)18)23-10-6-9-15(21)22/h7,13-14,16-17H,4-6,8-11,20H2,1-3H3,(H,21,22)/b12-7-/t13-,14-,16+,17?/m0/s1. The maximum absolute atomic E-state index is 14.5. The minimum atomic E-state index is -1.25. The Balaban J connectivity index is 4.25. The number of hydrogen-bond acceptors (Lipinski definition) is 3. The monoisotopic (exact) mass is 351 g/mol. The lowest BCUT2D eigenvalue weighted by Crippen LogP contribution is -2.32. The Bertz CT molecular complexity index is 365. The molecular formula is C17H31F2NO2S. The molecule has 3 N–H and O–H groups in total. The summed E-state index contributed by atoms with van der Waals surface area (Å²) in [4.78, 5) is 10.5. The number of aliphatic carboxylic acids is 1. The summed E-state index contributed by atoms with van der Waals surface area (Å²) >= 11 is 1.21. The second-order valence-corrected chi connectivity index (χ2v) is 7.40. The molecule has 0 aromatic rings. The van der Waals surface area contributed by atoms with E-state index in [2.05, 4.69) is 6.08 Å². The normalized spacial score (nSPS) is 17.6. The van der Waals surface area contributed by atoms with Gasteiger partial charge in [0.2, 0.25) is 0 Å². The fourth-order valence-corrected chi connectivity index (χ4v) is 3.58. The van der Waals surface area contributed by atoms with Crippen LogP contribution < -0.4 is 5.73 Å². The molecule has 136 valence electrons. The van der Waals surface area contributed by atoms with Gasteiger partial charge in [0.05, 0.1) is 5.25 Å². The van der Waals surface area contributed by atoms with Gasteiger partial charge < -0.3 is 10.8 Å². The van der Waals surface area contributed by atoms with E-state index in [0.717, 1.165) is 18.4 Å². The Morgan fingerprint density at radius 3 is 2.48 bits per heavy atom. The molecule has 0 radical (unpaired) electrons. The Kier molecular flexibility index (Phi) is 12.4. The van der Waals surface area contributed by atoms with Gasteiger partial charge in [-0.15, -0.1) is 0 Å². The second kappa shape index (κ2) is 12.8. The van der Waals surface area contributed by atoms with Crippen molar-refractivity contribution in [3.8, 4) is 0 Å². The van der Waals surface area contributed by atoms with Gasteiger partial charge in [-0.3, -0.25) is 4.79 Å². The summed E-state index contributed by atoms with van der Waals surface area (Å²) in [5.74, 6) is -0.616. The van der Waals surface area contributed by atoms with Crippen LogP contribution in [0, 0.1) is 5.92 Å². The Morgan fingerprint density at radius 1 is 1.30 bits per heavy atom. The van der Waals surface area contributed by atoms with E-state index in [1.807, 2.05) is 13.8 Å². The van der Waals surface area contributed by atoms with Gasteiger partial charge in [-0.25, -0.2) is 8.78 Å². The Hall–Kier alpha value is -0.620. The van der Waals surface area contributed by atoms with Crippen LogP contribution in [0.1, 0.15) is 52.9 Å². The largest absolute Gasteiger partial charge is 0.481 e. The van der Waals surface area contributed by atoms with Crippen LogP contribution in [0.15, 0.2) is 11.6 Å². The molecule has 0 aromatic heterocycles.